The third-order valence-electron chi connectivity index (χ3n) is 8.39. The molecule has 1 amide bonds. The topological polar surface area (TPSA) is 138 Å². The normalized spacial score (nSPS) is 19.6. The smallest absolute Gasteiger partial charge is 0.338 e. The van der Waals surface area contributed by atoms with Crippen molar-refractivity contribution in [3.8, 4) is 0 Å². The second kappa shape index (κ2) is 14.5. The number of esters is 3. The molecule has 252 valence electrons. The van der Waals surface area contributed by atoms with Crippen LogP contribution in [0, 0.1) is 0 Å². The molecule has 4 aromatic carbocycles. The van der Waals surface area contributed by atoms with Gasteiger partial charge in [0.25, 0.3) is 5.91 Å². The Morgan fingerprint density at radius 2 is 1.24 bits per heavy atom. The number of nitrogens with zero attached hydrogens (tertiary/aromatic N) is 3. The van der Waals surface area contributed by atoms with Gasteiger partial charge in [0.15, 0.2) is 29.9 Å². The molecule has 0 radical (unpaired) electrons. The number of hydrogen-bond donors (Lipinski definition) is 1. The standard InChI is InChI=1S/C38H32N4O8/c43-34-30-33(41(23-40-34)21-25-13-5-1-6-14-25)39-24-42(30)35-32(50-38(46)28-19-11-4-12-20-28)31(49-37(45)27-17-9-3-10-18-27)29(48-35)22-47-36(44)26-15-7-2-8-16-26/h1-20,24,29,31-32,35H,21-23H2,(H,40,43). The van der Waals surface area contributed by atoms with Gasteiger partial charge in [-0.2, -0.15) is 0 Å². The molecule has 1 fully saturated rings. The highest BCUT2D eigenvalue weighted by Crippen LogP contribution is 2.38. The zero-order valence-electron chi connectivity index (χ0n) is 26.7. The zero-order valence-corrected chi connectivity index (χ0v) is 26.7. The molecule has 1 N–H and O–H groups in total. The third kappa shape index (κ3) is 6.82. The quantitative estimate of drug-likeness (QED) is 0.163. The molecule has 7 rings (SSSR count). The monoisotopic (exact) mass is 672 g/mol. The Labute approximate surface area is 287 Å². The number of carbonyl (C=O) groups is 4. The Kier molecular flexibility index (Phi) is 9.34. The van der Waals surface area contributed by atoms with Crippen LogP contribution >= 0.6 is 0 Å². The number of benzene rings is 4. The molecule has 3 heterocycles. The van der Waals surface area contributed by atoms with Gasteiger partial charge in [0.2, 0.25) is 0 Å². The van der Waals surface area contributed by atoms with Crippen LogP contribution in [0.15, 0.2) is 128 Å². The number of nitrogens with one attached hydrogen (secondary N) is 1. The summed E-state index contributed by atoms with van der Waals surface area (Å²) in [5, 5.41) is 2.88. The second-order valence-electron chi connectivity index (χ2n) is 11.7. The van der Waals surface area contributed by atoms with E-state index in [2.05, 4.69) is 10.3 Å². The van der Waals surface area contributed by atoms with Crippen LogP contribution in [0.4, 0.5) is 5.82 Å². The maximum Gasteiger partial charge on any atom is 0.338 e. The van der Waals surface area contributed by atoms with E-state index in [1.165, 1.54) is 10.9 Å². The van der Waals surface area contributed by atoms with E-state index in [-0.39, 0.29) is 30.1 Å². The molecule has 5 aromatic rings. The highest BCUT2D eigenvalue weighted by Gasteiger charge is 2.52. The van der Waals surface area contributed by atoms with Gasteiger partial charge in [-0.15, -0.1) is 0 Å². The Hall–Kier alpha value is -6.27. The van der Waals surface area contributed by atoms with E-state index >= 15 is 0 Å². The van der Waals surface area contributed by atoms with Crippen LogP contribution in [0.2, 0.25) is 0 Å². The van der Waals surface area contributed by atoms with Crippen molar-refractivity contribution in [2.75, 3.05) is 18.2 Å². The molecule has 50 heavy (non-hydrogen) atoms. The summed E-state index contributed by atoms with van der Waals surface area (Å²) in [6, 6.07) is 34.7. The summed E-state index contributed by atoms with van der Waals surface area (Å²) in [7, 11) is 0. The lowest BCUT2D eigenvalue weighted by molar-refractivity contribution is -0.0626. The average molecular weight is 673 g/mol. The van der Waals surface area contributed by atoms with Crippen molar-refractivity contribution < 1.29 is 38.1 Å². The lowest BCUT2D eigenvalue weighted by Crippen LogP contribution is -2.45. The first-order valence-corrected chi connectivity index (χ1v) is 16.0. The average Bonchev–Trinajstić information content (AvgIpc) is 3.75. The van der Waals surface area contributed by atoms with Gasteiger partial charge < -0.3 is 29.2 Å². The van der Waals surface area contributed by atoms with E-state index in [1.54, 1.807) is 91.0 Å². The Morgan fingerprint density at radius 1 is 0.720 bits per heavy atom. The summed E-state index contributed by atoms with van der Waals surface area (Å²) in [5.74, 6) is -2.07. The molecule has 4 atom stereocenters. The van der Waals surface area contributed by atoms with E-state index in [9.17, 15) is 19.2 Å². The lowest BCUT2D eigenvalue weighted by Gasteiger charge is -2.30. The van der Waals surface area contributed by atoms with E-state index in [0.29, 0.717) is 17.9 Å². The Morgan fingerprint density at radius 3 is 1.82 bits per heavy atom. The van der Waals surface area contributed by atoms with Gasteiger partial charge >= 0.3 is 17.9 Å². The minimum absolute atomic E-state index is 0.160. The predicted molar refractivity (Wildman–Crippen MR) is 179 cm³/mol. The number of imidazole rings is 1. The molecule has 4 unspecified atom stereocenters. The molecular weight excluding hydrogens is 640 g/mol. The first-order valence-electron chi connectivity index (χ1n) is 16.0. The van der Waals surface area contributed by atoms with Gasteiger partial charge in [-0.3, -0.25) is 9.36 Å². The van der Waals surface area contributed by atoms with Crippen LogP contribution in [0.1, 0.15) is 53.4 Å². The number of amides is 1. The molecule has 1 aromatic heterocycles. The SMILES string of the molecule is O=C(OCC1OC(n2cnc3c2C(=O)NCN3Cc2ccccc2)C(OC(=O)c2ccccc2)C1OC(=O)c1ccccc1)c1ccccc1. The van der Waals surface area contributed by atoms with Crippen molar-refractivity contribution in [2.24, 2.45) is 0 Å². The first kappa shape index (κ1) is 32.3. The van der Waals surface area contributed by atoms with Crippen LogP contribution in [0.5, 0.6) is 0 Å². The largest absolute Gasteiger partial charge is 0.459 e. The summed E-state index contributed by atoms with van der Waals surface area (Å²) in [5.41, 5.74) is 1.97. The summed E-state index contributed by atoms with van der Waals surface area (Å²) in [4.78, 5) is 60.0. The number of hydrogen-bond acceptors (Lipinski definition) is 10. The molecule has 12 heteroatoms. The summed E-state index contributed by atoms with van der Waals surface area (Å²) in [6.07, 6.45) is -3.47. The second-order valence-corrected chi connectivity index (χ2v) is 11.7. The van der Waals surface area contributed by atoms with Gasteiger partial charge in [0, 0.05) is 6.54 Å². The number of ether oxygens (including phenoxy) is 4. The minimum Gasteiger partial charge on any atom is -0.459 e. The van der Waals surface area contributed by atoms with Crippen LogP contribution in [-0.4, -0.2) is 65.0 Å². The van der Waals surface area contributed by atoms with Gasteiger partial charge in [-0.05, 0) is 42.0 Å². The number of aromatic nitrogens is 2. The molecule has 2 aliphatic heterocycles. The van der Waals surface area contributed by atoms with Crippen molar-refractivity contribution in [3.63, 3.8) is 0 Å². The molecule has 12 nitrogen and oxygen atoms in total. The molecule has 0 spiro atoms. The van der Waals surface area contributed by atoms with Crippen LogP contribution in [-0.2, 0) is 25.5 Å². The fraction of sp³-hybridized carbons (Fsp3) is 0.184. The highest BCUT2D eigenvalue weighted by atomic mass is 16.7. The summed E-state index contributed by atoms with van der Waals surface area (Å²) in [6.45, 7) is 0.309. The maximum absolute atomic E-state index is 13.6. The fourth-order valence-electron chi connectivity index (χ4n) is 5.94. The molecule has 0 aliphatic carbocycles. The van der Waals surface area contributed by atoms with Crippen molar-refractivity contribution >= 4 is 29.6 Å². The van der Waals surface area contributed by atoms with Crippen molar-refractivity contribution in [3.05, 3.63) is 156 Å². The Bertz CT molecular complexity index is 1970. The highest BCUT2D eigenvalue weighted by molar-refractivity contribution is 5.99. The number of rotatable bonds is 10. The molecule has 2 aliphatic rings. The fourth-order valence-corrected chi connectivity index (χ4v) is 5.94. The van der Waals surface area contributed by atoms with Crippen LogP contribution in [0.3, 0.4) is 0 Å². The van der Waals surface area contributed by atoms with E-state index in [4.69, 9.17) is 18.9 Å². The van der Waals surface area contributed by atoms with Gasteiger partial charge in [-0.25, -0.2) is 19.4 Å². The molecule has 1 saturated heterocycles. The molecule has 0 bridgehead atoms. The molecular formula is C38H32N4O8. The number of carbonyl (C=O) groups excluding carboxylic acids is 4. The van der Waals surface area contributed by atoms with E-state index in [1.807, 2.05) is 35.2 Å². The first-order chi connectivity index (χ1) is 24.5. The third-order valence-corrected chi connectivity index (χ3v) is 8.39. The van der Waals surface area contributed by atoms with Gasteiger partial charge in [0.05, 0.1) is 23.4 Å². The van der Waals surface area contributed by atoms with Gasteiger partial charge in [-0.1, -0.05) is 84.9 Å². The zero-order chi connectivity index (χ0) is 34.5. The summed E-state index contributed by atoms with van der Waals surface area (Å²) < 4.78 is 25.7. The van der Waals surface area contributed by atoms with Crippen molar-refractivity contribution in [1.82, 2.24) is 14.9 Å². The lowest BCUT2D eigenvalue weighted by atomic mass is 10.1. The minimum atomic E-state index is -1.30. The van der Waals surface area contributed by atoms with Gasteiger partial charge in [0.1, 0.15) is 19.0 Å². The van der Waals surface area contributed by atoms with Crippen molar-refractivity contribution in [1.29, 1.82) is 0 Å². The van der Waals surface area contributed by atoms with E-state index in [0.717, 1.165) is 5.56 Å². The summed E-state index contributed by atoms with van der Waals surface area (Å²) >= 11 is 0. The van der Waals surface area contributed by atoms with Crippen molar-refractivity contribution in [2.45, 2.75) is 31.1 Å². The number of anilines is 1. The maximum atomic E-state index is 13.6. The predicted octanol–water partition coefficient (Wildman–Crippen LogP) is 4.80. The molecule has 0 saturated carbocycles. The van der Waals surface area contributed by atoms with Crippen LogP contribution < -0.4 is 10.2 Å². The van der Waals surface area contributed by atoms with E-state index < -0.39 is 48.4 Å². The van der Waals surface area contributed by atoms with Crippen LogP contribution in [0.25, 0.3) is 0 Å². The number of fused-ring (bicyclic) bond motifs is 1. The Balaban J connectivity index is 1.25.